The number of nitrogens with zero attached hydrogens (tertiary/aromatic N) is 1. The van der Waals surface area contributed by atoms with Crippen LogP contribution in [0.3, 0.4) is 0 Å². The summed E-state index contributed by atoms with van der Waals surface area (Å²) in [5, 5.41) is 3.50. The predicted molar refractivity (Wildman–Crippen MR) is 122 cm³/mol. The molecule has 1 aliphatic carbocycles. The number of benzene rings is 1. The van der Waals surface area contributed by atoms with Crippen LogP contribution >= 0.6 is 0 Å². The van der Waals surface area contributed by atoms with E-state index in [1.165, 1.54) is 4.90 Å². The van der Waals surface area contributed by atoms with Crippen LogP contribution in [0, 0.1) is 11.8 Å². The molecule has 9 heteroatoms. The van der Waals surface area contributed by atoms with Gasteiger partial charge in [-0.05, 0) is 49.8 Å². The highest BCUT2D eigenvalue weighted by Gasteiger charge is 2.40. The number of aromatic nitrogens is 1. The van der Waals surface area contributed by atoms with Crippen molar-refractivity contribution in [1.29, 1.82) is 0 Å². The molecule has 3 amide bonds. The smallest absolute Gasteiger partial charge is 0.270 e. The third-order valence-corrected chi connectivity index (χ3v) is 6.76. The number of likely N-dealkylation sites (tertiary alicyclic amines) is 1. The molecule has 4 atom stereocenters. The molecule has 33 heavy (non-hydrogen) atoms. The summed E-state index contributed by atoms with van der Waals surface area (Å²) in [5.41, 5.74) is 6.66. The van der Waals surface area contributed by atoms with Gasteiger partial charge >= 0.3 is 0 Å². The zero-order valence-electron chi connectivity index (χ0n) is 18.9. The van der Waals surface area contributed by atoms with Gasteiger partial charge in [-0.3, -0.25) is 19.2 Å². The zero-order valence-corrected chi connectivity index (χ0v) is 18.9. The molecular weight excluding hydrogens is 424 g/mol. The molecule has 2 heterocycles. The first kappa shape index (κ1) is 22.8. The number of fused-ring (bicyclic) bond motifs is 1. The number of ketones is 1. The number of nitrogens with one attached hydrogen (secondary N) is 2. The summed E-state index contributed by atoms with van der Waals surface area (Å²) < 4.78 is 5.37. The average molecular weight is 455 g/mol. The Morgan fingerprint density at radius 2 is 2.12 bits per heavy atom. The number of methoxy groups -OCH3 is 1. The van der Waals surface area contributed by atoms with E-state index in [0.29, 0.717) is 37.3 Å². The van der Waals surface area contributed by atoms with Gasteiger partial charge in [0.05, 0.1) is 7.11 Å². The standard InChI is InChI=1S/C24H30N4O5/c1-13-9-19(23(31)27-17(22(25)30)10-14-5-3-7-20(14)29)28(12-13)24(32)18-11-15-16(26-18)6-4-8-21(15)33-2/h4,6,8,11,13-14,17,19,26H,3,5,7,9-10,12H2,1-2H3,(H2,25,30)(H,27,31)/t13-,14+,17+,19+/m1/s1. The van der Waals surface area contributed by atoms with Crippen LogP contribution in [0.1, 0.15) is 49.5 Å². The monoisotopic (exact) mass is 454 g/mol. The number of hydrogen-bond donors (Lipinski definition) is 3. The molecule has 176 valence electrons. The molecule has 9 nitrogen and oxygen atoms in total. The summed E-state index contributed by atoms with van der Waals surface area (Å²) in [5.74, 6) is -0.769. The van der Waals surface area contributed by atoms with Gasteiger partial charge in [-0.15, -0.1) is 0 Å². The summed E-state index contributed by atoms with van der Waals surface area (Å²) in [6, 6.07) is 5.58. The van der Waals surface area contributed by atoms with E-state index in [9.17, 15) is 19.2 Å². The lowest BCUT2D eigenvalue weighted by Gasteiger charge is -2.26. The molecule has 1 aromatic carbocycles. The van der Waals surface area contributed by atoms with Crippen LogP contribution in [0.2, 0.25) is 0 Å². The molecule has 4 N–H and O–H groups in total. The van der Waals surface area contributed by atoms with E-state index < -0.39 is 23.9 Å². The fourth-order valence-corrected chi connectivity index (χ4v) is 5.03. The molecule has 1 saturated heterocycles. The number of primary amides is 1. The number of hydrogen-bond acceptors (Lipinski definition) is 5. The Bertz CT molecular complexity index is 1090. The Kier molecular flexibility index (Phi) is 6.40. The van der Waals surface area contributed by atoms with E-state index in [-0.39, 0.29) is 29.9 Å². The Hall–Kier alpha value is -3.36. The molecule has 1 aromatic heterocycles. The number of ether oxygens (including phenoxy) is 1. The number of carbonyl (C=O) groups is 4. The van der Waals surface area contributed by atoms with Crippen LogP contribution in [0.5, 0.6) is 5.75 Å². The van der Waals surface area contributed by atoms with Crippen molar-refractivity contribution in [1.82, 2.24) is 15.2 Å². The van der Waals surface area contributed by atoms with Crippen molar-refractivity contribution in [2.45, 2.75) is 51.1 Å². The SMILES string of the molecule is COc1cccc2[nH]c(C(=O)N3C[C@H](C)C[C@H]3C(=O)N[C@@H](C[C@@H]3CCCC3=O)C(N)=O)cc12. The van der Waals surface area contributed by atoms with Gasteiger partial charge in [0.2, 0.25) is 11.8 Å². The van der Waals surface area contributed by atoms with E-state index >= 15 is 0 Å². The Morgan fingerprint density at radius 1 is 1.33 bits per heavy atom. The van der Waals surface area contributed by atoms with Crippen LogP contribution in [-0.4, -0.2) is 59.1 Å². The second-order valence-electron chi connectivity index (χ2n) is 9.17. The fourth-order valence-electron chi connectivity index (χ4n) is 5.03. The van der Waals surface area contributed by atoms with E-state index in [2.05, 4.69) is 10.3 Å². The first-order valence-electron chi connectivity index (χ1n) is 11.4. The maximum atomic E-state index is 13.4. The summed E-state index contributed by atoms with van der Waals surface area (Å²) >= 11 is 0. The number of aromatic amines is 1. The quantitative estimate of drug-likeness (QED) is 0.586. The van der Waals surface area contributed by atoms with Crippen molar-refractivity contribution in [3.05, 3.63) is 30.0 Å². The first-order chi connectivity index (χ1) is 15.8. The lowest BCUT2D eigenvalue weighted by Crippen LogP contribution is -2.53. The normalized spacial score (nSPS) is 23.6. The Balaban J connectivity index is 1.51. The maximum Gasteiger partial charge on any atom is 0.270 e. The van der Waals surface area contributed by atoms with Gasteiger partial charge in [-0.1, -0.05) is 13.0 Å². The average Bonchev–Trinajstić information content (AvgIpc) is 3.50. The minimum Gasteiger partial charge on any atom is -0.496 e. The molecule has 2 fully saturated rings. The molecule has 0 bridgehead atoms. The fraction of sp³-hybridized carbons (Fsp3) is 0.500. The van der Waals surface area contributed by atoms with Crippen molar-refractivity contribution in [3.8, 4) is 5.75 Å². The largest absolute Gasteiger partial charge is 0.496 e. The third kappa shape index (κ3) is 4.58. The minimum absolute atomic E-state index is 0.107. The maximum absolute atomic E-state index is 13.4. The van der Waals surface area contributed by atoms with Crippen molar-refractivity contribution in [2.75, 3.05) is 13.7 Å². The van der Waals surface area contributed by atoms with Gasteiger partial charge in [0.25, 0.3) is 5.91 Å². The molecule has 0 spiro atoms. The highest BCUT2D eigenvalue weighted by molar-refractivity contribution is 6.02. The van der Waals surface area contributed by atoms with Crippen LogP contribution in [0.4, 0.5) is 0 Å². The first-order valence-corrected chi connectivity index (χ1v) is 11.4. The van der Waals surface area contributed by atoms with Gasteiger partial charge < -0.3 is 25.7 Å². The van der Waals surface area contributed by atoms with Crippen molar-refractivity contribution in [2.24, 2.45) is 17.6 Å². The zero-order chi connectivity index (χ0) is 23.7. The molecule has 2 aliphatic rings. The Labute approximate surface area is 192 Å². The summed E-state index contributed by atoms with van der Waals surface area (Å²) in [4.78, 5) is 55.2. The number of rotatable bonds is 7. The van der Waals surface area contributed by atoms with Crippen molar-refractivity contribution >= 4 is 34.4 Å². The summed E-state index contributed by atoms with van der Waals surface area (Å²) in [6.45, 7) is 2.40. The predicted octanol–water partition coefficient (Wildman–Crippen LogP) is 1.76. The van der Waals surface area contributed by atoms with Crippen LogP contribution in [-0.2, 0) is 14.4 Å². The lowest BCUT2D eigenvalue weighted by molar-refractivity contribution is -0.130. The number of carbonyl (C=O) groups excluding carboxylic acids is 4. The van der Waals surface area contributed by atoms with E-state index in [1.54, 1.807) is 13.2 Å². The van der Waals surface area contributed by atoms with Gasteiger partial charge in [0, 0.05) is 29.8 Å². The van der Waals surface area contributed by atoms with Gasteiger partial charge in [-0.25, -0.2) is 0 Å². The van der Waals surface area contributed by atoms with Crippen molar-refractivity contribution < 1.29 is 23.9 Å². The topological polar surface area (TPSA) is 135 Å². The Morgan fingerprint density at radius 3 is 2.79 bits per heavy atom. The second kappa shape index (κ2) is 9.25. The number of Topliss-reactive ketones (excluding diaryl/α,β-unsaturated/α-hetero) is 1. The molecule has 1 aliphatic heterocycles. The highest BCUT2D eigenvalue weighted by atomic mass is 16.5. The van der Waals surface area contributed by atoms with Crippen LogP contribution in [0.15, 0.2) is 24.3 Å². The van der Waals surface area contributed by atoms with Gasteiger partial charge in [0.1, 0.15) is 29.3 Å². The van der Waals surface area contributed by atoms with E-state index in [1.807, 2.05) is 25.1 Å². The van der Waals surface area contributed by atoms with E-state index in [4.69, 9.17) is 10.5 Å². The van der Waals surface area contributed by atoms with E-state index in [0.717, 1.165) is 17.3 Å². The molecule has 0 unspecified atom stereocenters. The van der Waals surface area contributed by atoms with Crippen molar-refractivity contribution in [3.63, 3.8) is 0 Å². The number of nitrogens with two attached hydrogens (primary N) is 1. The highest BCUT2D eigenvalue weighted by Crippen LogP contribution is 2.30. The van der Waals surface area contributed by atoms with Gasteiger partial charge in [-0.2, -0.15) is 0 Å². The molecule has 0 radical (unpaired) electrons. The summed E-state index contributed by atoms with van der Waals surface area (Å²) in [7, 11) is 1.57. The molecule has 1 saturated carbocycles. The third-order valence-electron chi connectivity index (χ3n) is 6.76. The molecular formula is C24H30N4O5. The number of amides is 3. The summed E-state index contributed by atoms with van der Waals surface area (Å²) in [6.07, 6.45) is 2.68. The minimum atomic E-state index is -0.935. The van der Waals surface area contributed by atoms with Crippen LogP contribution < -0.4 is 15.8 Å². The molecule has 2 aromatic rings. The second-order valence-corrected chi connectivity index (χ2v) is 9.17. The van der Waals surface area contributed by atoms with Crippen LogP contribution in [0.25, 0.3) is 10.9 Å². The lowest BCUT2D eigenvalue weighted by atomic mass is 9.96. The molecule has 4 rings (SSSR count). The number of H-pyrrole nitrogens is 1. The van der Waals surface area contributed by atoms with Gasteiger partial charge in [0.15, 0.2) is 0 Å².